The van der Waals surface area contributed by atoms with E-state index in [4.69, 9.17) is 4.74 Å². The van der Waals surface area contributed by atoms with Crippen molar-refractivity contribution in [3.8, 4) is 5.75 Å². The van der Waals surface area contributed by atoms with Crippen LogP contribution in [0.4, 0.5) is 0 Å². The molecule has 0 heterocycles. The Kier molecular flexibility index (Phi) is 6.59. The third kappa shape index (κ3) is 5.21. The number of ether oxygens (including phenoxy) is 1. The highest BCUT2D eigenvalue weighted by molar-refractivity contribution is 7.89. The molecule has 1 aromatic carbocycles. The van der Waals surface area contributed by atoms with Gasteiger partial charge in [-0.15, -0.1) is 0 Å². The Balaban J connectivity index is 1.52. The normalized spacial score (nSPS) is 19.2. The number of benzene rings is 1. The molecule has 0 unspecified atom stereocenters. The average Bonchev–Trinajstić information content (AvgIpc) is 3.46. The van der Waals surface area contributed by atoms with Crippen molar-refractivity contribution in [3.63, 3.8) is 0 Å². The third-order valence-corrected chi connectivity index (χ3v) is 7.36. The summed E-state index contributed by atoms with van der Waals surface area (Å²) < 4.78 is 31.3. The smallest absolute Gasteiger partial charge is 0.242 e. The van der Waals surface area contributed by atoms with Crippen LogP contribution in [0.3, 0.4) is 0 Å². The predicted molar refractivity (Wildman–Crippen MR) is 104 cm³/mol. The Morgan fingerprint density at radius 3 is 2.23 bits per heavy atom. The van der Waals surface area contributed by atoms with Gasteiger partial charge in [0.1, 0.15) is 12.4 Å². The van der Waals surface area contributed by atoms with Crippen molar-refractivity contribution in [2.75, 3.05) is 33.8 Å². The molecule has 0 saturated heterocycles. The second kappa shape index (κ2) is 8.72. The predicted octanol–water partition coefficient (Wildman–Crippen LogP) is 3.36. The molecule has 0 N–H and O–H groups in total. The van der Waals surface area contributed by atoms with Gasteiger partial charge in [0.05, 0.1) is 4.90 Å². The molecule has 0 radical (unpaired) electrons. The Labute approximate surface area is 158 Å². The van der Waals surface area contributed by atoms with Gasteiger partial charge in [-0.05, 0) is 55.9 Å². The summed E-state index contributed by atoms with van der Waals surface area (Å²) in [5.41, 5.74) is 0. The van der Waals surface area contributed by atoms with Crippen molar-refractivity contribution in [1.82, 2.24) is 9.21 Å². The fourth-order valence-corrected chi connectivity index (χ4v) is 4.60. The average molecular weight is 381 g/mol. The van der Waals surface area contributed by atoms with Gasteiger partial charge in [-0.25, -0.2) is 12.7 Å². The molecule has 26 heavy (non-hydrogen) atoms. The first kappa shape index (κ1) is 19.6. The van der Waals surface area contributed by atoms with Gasteiger partial charge in [0, 0.05) is 33.2 Å². The lowest BCUT2D eigenvalue weighted by Gasteiger charge is -2.34. The molecule has 0 aromatic heterocycles. The maximum Gasteiger partial charge on any atom is 0.242 e. The van der Waals surface area contributed by atoms with Crippen molar-refractivity contribution >= 4 is 10.0 Å². The highest BCUT2D eigenvalue weighted by atomic mass is 32.2. The van der Waals surface area contributed by atoms with Gasteiger partial charge in [-0.2, -0.15) is 0 Å². The number of sulfonamides is 1. The first-order chi connectivity index (χ1) is 12.5. The molecule has 2 aliphatic carbocycles. The standard InChI is InChI=1S/C20H32N2O3S/c1-21(2)26(23,24)20-12-10-19(11-13-20)25-15-14-22(16-17-8-9-17)18-6-4-3-5-7-18/h10-13,17-18H,3-9,14-16H2,1-2H3. The minimum absolute atomic E-state index is 0.299. The van der Waals surface area contributed by atoms with Crippen LogP contribution in [0.25, 0.3) is 0 Å². The van der Waals surface area contributed by atoms with Crippen LogP contribution in [-0.4, -0.2) is 57.5 Å². The monoisotopic (exact) mass is 380 g/mol. The van der Waals surface area contributed by atoms with Crippen molar-refractivity contribution in [1.29, 1.82) is 0 Å². The van der Waals surface area contributed by atoms with E-state index in [0.717, 1.165) is 24.3 Å². The Bertz CT molecular complexity index is 663. The lowest BCUT2D eigenvalue weighted by Crippen LogP contribution is -2.40. The number of hydrogen-bond acceptors (Lipinski definition) is 4. The van der Waals surface area contributed by atoms with Crippen LogP contribution in [0.15, 0.2) is 29.2 Å². The molecule has 1 aromatic rings. The van der Waals surface area contributed by atoms with Gasteiger partial charge < -0.3 is 4.74 Å². The fraction of sp³-hybridized carbons (Fsp3) is 0.700. The van der Waals surface area contributed by atoms with E-state index in [1.807, 2.05) is 0 Å². The van der Waals surface area contributed by atoms with Gasteiger partial charge in [-0.1, -0.05) is 19.3 Å². The van der Waals surface area contributed by atoms with E-state index >= 15 is 0 Å². The van der Waals surface area contributed by atoms with Gasteiger partial charge >= 0.3 is 0 Å². The summed E-state index contributed by atoms with van der Waals surface area (Å²) in [7, 11) is -0.297. The molecule has 2 fully saturated rings. The lowest BCUT2D eigenvalue weighted by atomic mass is 9.94. The number of nitrogens with zero attached hydrogens (tertiary/aromatic N) is 2. The van der Waals surface area contributed by atoms with Crippen LogP contribution >= 0.6 is 0 Å². The molecular weight excluding hydrogens is 348 g/mol. The molecule has 0 atom stereocenters. The van der Waals surface area contributed by atoms with E-state index < -0.39 is 10.0 Å². The fourth-order valence-electron chi connectivity index (χ4n) is 3.70. The zero-order valence-corrected chi connectivity index (χ0v) is 16.9. The number of rotatable bonds is 9. The topological polar surface area (TPSA) is 49.9 Å². The second-order valence-electron chi connectivity index (χ2n) is 7.84. The molecule has 0 bridgehead atoms. The molecule has 0 spiro atoms. The van der Waals surface area contributed by atoms with E-state index in [0.29, 0.717) is 11.5 Å². The summed E-state index contributed by atoms with van der Waals surface area (Å²) in [5, 5.41) is 0. The van der Waals surface area contributed by atoms with Gasteiger partial charge in [0.15, 0.2) is 0 Å². The SMILES string of the molecule is CN(C)S(=O)(=O)c1ccc(OCCN(CC2CC2)C2CCCCC2)cc1. The molecule has 2 saturated carbocycles. The Hall–Kier alpha value is -1.11. The van der Waals surface area contributed by atoms with Crippen LogP contribution in [0, 0.1) is 5.92 Å². The quantitative estimate of drug-likeness (QED) is 0.659. The van der Waals surface area contributed by atoms with E-state index in [1.165, 1.54) is 55.8 Å². The van der Waals surface area contributed by atoms with Crippen LogP contribution in [0.5, 0.6) is 5.75 Å². The summed E-state index contributed by atoms with van der Waals surface area (Å²) in [6.45, 7) is 2.83. The van der Waals surface area contributed by atoms with E-state index in [2.05, 4.69) is 4.90 Å². The highest BCUT2D eigenvalue weighted by Gasteiger charge is 2.28. The van der Waals surface area contributed by atoms with Crippen molar-refractivity contribution in [2.24, 2.45) is 5.92 Å². The van der Waals surface area contributed by atoms with Crippen LogP contribution < -0.4 is 4.74 Å². The minimum atomic E-state index is -3.38. The maximum atomic E-state index is 12.1. The number of hydrogen-bond donors (Lipinski definition) is 0. The van der Waals surface area contributed by atoms with Crippen molar-refractivity contribution in [2.45, 2.75) is 55.9 Å². The summed E-state index contributed by atoms with van der Waals surface area (Å²) in [6.07, 6.45) is 9.50. The van der Waals surface area contributed by atoms with Gasteiger partial charge in [-0.3, -0.25) is 4.90 Å². The Morgan fingerprint density at radius 1 is 1.00 bits per heavy atom. The highest BCUT2D eigenvalue weighted by Crippen LogP contribution is 2.32. The zero-order valence-electron chi connectivity index (χ0n) is 16.1. The molecule has 0 amide bonds. The summed E-state index contributed by atoms with van der Waals surface area (Å²) in [6, 6.07) is 7.46. The van der Waals surface area contributed by atoms with E-state index in [9.17, 15) is 8.42 Å². The van der Waals surface area contributed by atoms with E-state index in [-0.39, 0.29) is 0 Å². The second-order valence-corrected chi connectivity index (χ2v) is 9.99. The molecule has 5 nitrogen and oxygen atoms in total. The lowest BCUT2D eigenvalue weighted by molar-refractivity contribution is 0.125. The van der Waals surface area contributed by atoms with Gasteiger partial charge in [0.25, 0.3) is 0 Å². The molecule has 2 aliphatic rings. The summed E-state index contributed by atoms with van der Waals surface area (Å²) in [4.78, 5) is 2.94. The van der Waals surface area contributed by atoms with Crippen molar-refractivity contribution in [3.05, 3.63) is 24.3 Å². The van der Waals surface area contributed by atoms with Crippen LogP contribution in [0.2, 0.25) is 0 Å². The summed E-state index contributed by atoms with van der Waals surface area (Å²) >= 11 is 0. The third-order valence-electron chi connectivity index (χ3n) is 5.53. The van der Waals surface area contributed by atoms with Gasteiger partial charge in [0.2, 0.25) is 10.0 Å². The first-order valence-corrected chi connectivity index (χ1v) is 11.3. The van der Waals surface area contributed by atoms with Crippen LogP contribution in [0.1, 0.15) is 44.9 Å². The minimum Gasteiger partial charge on any atom is -0.492 e. The Morgan fingerprint density at radius 2 is 1.65 bits per heavy atom. The van der Waals surface area contributed by atoms with E-state index in [1.54, 1.807) is 38.4 Å². The first-order valence-electron chi connectivity index (χ1n) is 9.86. The molecule has 6 heteroatoms. The maximum absolute atomic E-state index is 12.1. The molecular formula is C20H32N2O3S. The largest absolute Gasteiger partial charge is 0.492 e. The zero-order chi connectivity index (χ0) is 18.6. The molecule has 0 aliphatic heterocycles. The molecule has 146 valence electrons. The van der Waals surface area contributed by atoms with Crippen molar-refractivity contribution < 1.29 is 13.2 Å². The summed E-state index contributed by atoms with van der Waals surface area (Å²) in [5.74, 6) is 1.63. The molecule has 3 rings (SSSR count). The van der Waals surface area contributed by atoms with Crippen LogP contribution in [-0.2, 0) is 10.0 Å².